The maximum absolute atomic E-state index is 12.8. The molecule has 0 aliphatic heterocycles. The first-order valence-corrected chi connectivity index (χ1v) is 29.4. The standard InChI is InChI=1S/C59H114O6/c1-5-7-9-11-13-15-17-19-27-32-36-40-44-48-52-59(62)65-56(53-63-57(60)50-46-42-38-34-30-18-16-14-12-10-8-6-2)54-64-58(61)51-47-43-39-35-31-28-25-23-21-20-22-24-26-29-33-37-41-45-49-55(3)4/h55-56H,5-54H2,1-4H3/t56-/m0/s1. The van der Waals surface area contributed by atoms with Gasteiger partial charge in [0, 0.05) is 19.3 Å². The Bertz CT molecular complexity index is 980. The molecule has 0 bridgehead atoms. The van der Waals surface area contributed by atoms with Crippen molar-refractivity contribution in [1.29, 1.82) is 0 Å². The molecule has 0 aromatic heterocycles. The molecule has 0 saturated heterocycles. The average Bonchev–Trinajstić information content (AvgIpc) is 3.29. The number of rotatable bonds is 54. The van der Waals surface area contributed by atoms with Crippen LogP contribution in [0.2, 0.25) is 0 Å². The molecule has 0 heterocycles. The molecule has 6 heteroatoms. The van der Waals surface area contributed by atoms with Gasteiger partial charge in [-0.15, -0.1) is 0 Å². The monoisotopic (exact) mass is 919 g/mol. The predicted octanol–water partition coefficient (Wildman–Crippen LogP) is 19.4. The van der Waals surface area contributed by atoms with Crippen LogP contribution in [0.25, 0.3) is 0 Å². The molecule has 0 aliphatic carbocycles. The van der Waals surface area contributed by atoms with Gasteiger partial charge in [0.05, 0.1) is 0 Å². The van der Waals surface area contributed by atoms with Crippen LogP contribution < -0.4 is 0 Å². The van der Waals surface area contributed by atoms with E-state index in [1.54, 1.807) is 0 Å². The molecule has 6 nitrogen and oxygen atoms in total. The summed E-state index contributed by atoms with van der Waals surface area (Å²) in [5.74, 6) is 0.0246. The quantitative estimate of drug-likeness (QED) is 0.0344. The van der Waals surface area contributed by atoms with Gasteiger partial charge in [-0.05, 0) is 25.2 Å². The zero-order chi connectivity index (χ0) is 47.4. The SMILES string of the molecule is CCCCCCCCCCCCCCCCC(=O)O[C@@H](COC(=O)CCCCCCCCCCCCCC)COC(=O)CCCCCCCCCCCCCCCCCCCCC(C)C. The summed E-state index contributed by atoms with van der Waals surface area (Å²) in [5.41, 5.74) is 0. The van der Waals surface area contributed by atoms with E-state index in [2.05, 4.69) is 27.7 Å². The molecule has 0 N–H and O–H groups in total. The summed E-state index contributed by atoms with van der Waals surface area (Å²) in [6.07, 6.45) is 58.1. The van der Waals surface area contributed by atoms with Gasteiger partial charge >= 0.3 is 17.9 Å². The first-order valence-electron chi connectivity index (χ1n) is 29.4. The second kappa shape index (κ2) is 53.4. The minimum atomic E-state index is -0.761. The lowest BCUT2D eigenvalue weighted by molar-refractivity contribution is -0.167. The van der Waals surface area contributed by atoms with Crippen molar-refractivity contribution in [3.05, 3.63) is 0 Å². The lowest BCUT2D eigenvalue weighted by Crippen LogP contribution is -2.30. The smallest absolute Gasteiger partial charge is 0.306 e. The molecule has 65 heavy (non-hydrogen) atoms. The van der Waals surface area contributed by atoms with Gasteiger partial charge in [0.15, 0.2) is 6.10 Å². The molecule has 0 unspecified atom stereocenters. The average molecular weight is 920 g/mol. The molecular weight excluding hydrogens is 805 g/mol. The van der Waals surface area contributed by atoms with Gasteiger partial charge in [0.2, 0.25) is 0 Å². The van der Waals surface area contributed by atoms with Crippen LogP contribution in [-0.4, -0.2) is 37.2 Å². The van der Waals surface area contributed by atoms with Crippen LogP contribution in [0.15, 0.2) is 0 Å². The highest BCUT2D eigenvalue weighted by Crippen LogP contribution is 2.18. The van der Waals surface area contributed by atoms with Crippen molar-refractivity contribution < 1.29 is 28.6 Å². The molecule has 0 aliphatic rings. The van der Waals surface area contributed by atoms with E-state index in [1.165, 1.54) is 231 Å². The van der Waals surface area contributed by atoms with Gasteiger partial charge in [-0.25, -0.2) is 0 Å². The highest BCUT2D eigenvalue weighted by molar-refractivity contribution is 5.71. The van der Waals surface area contributed by atoms with E-state index in [1.807, 2.05) is 0 Å². The first-order chi connectivity index (χ1) is 31.9. The topological polar surface area (TPSA) is 78.9 Å². The summed E-state index contributed by atoms with van der Waals surface area (Å²) in [6, 6.07) is 0. The summed E-state index contributed by atoms with van der Waals surface area (Å²) < 4.78 is 16.9. The van der Waals surface area contributed by atoms with E-state index in [4.69, 9.17) is 14.2 Å². The molecule has 0 fully saturated rings. The second-order valence-electron chi connectivity index (χ2n) is 20.8. The Hall–Kier alpha value is -1.59. The Morgan fingerprint density at radius 2 is 0.508 bits per heavy atom. The van der Waals surface area contributed by atoms with E-state index in [-0.39, 0.29) is 31.1 Å². The van der Waals surface area contributed by atoms with Crippen molar-refractivity contribution in [2.75, 3.05) is 13.2 Å². The molecule has 0 rings (SSSR count). The molecule has 0 saturated carbocycles. The third-order valence-corrected chi connectivity index (χ3v) is 13.5. The molecule has 0 aromatic carbocycles. The first kappa shape index (κ1) is 63.4. The maximum atomic E-state index is 12.8. The third kappa shape index (κ3) is 53.2. The number of hydrogen-bond donors (Lipinski definition) is 0. The van der Waals surface area contributed by atoms with Gasteiger partial charge in [0.25, 0.3) is 0 Å². The van der Waals surface area contributed by atoms with E-state index in [0.29, 0.717) is 19.3 Å². The maximum Gasteiger partial charge on any atom is 0.306 e. The number of carbonyl (C=O) groups is 3. The summed E-state index contributed by atoms with van der Waals surface area (Å²) in [4.78, 5) is 38.1. The lowest BCUT2D eigenvalue weighted by Gasteiger charge is -2.18. The fourth-order valence-electron chi connectivity index (χ4n) is 9.10. The van der Waals surface area contributed by atoms with E-state index in [9.17, 15) is 14.4 Å². The minimum absolute atomic E-state index is 0.0616. The minimum Gasteiger partial charge on any atom is -0.462 e. The van der Waals surface area contributed by atoms with Crippen LogP contribution in [0.5, 0.6) is 0 Å². The fraction of sp³-hybridized carbons (Fsp3) is 0.949. The van der Waals surface area contributed by atoms with E-state index >= 15 is 0 Å². The Kier molecular flexibility index (Phi) is 52.1. The fourth-order valence-corrected chi connectivity index (χ4v) is 9.10. The van der Waals surface area contributed by atoms with Crippen molar-refractivity contribution in [1.82, 2.24) is 0 Å². The number of hydrogen-bond acceptors (Lipinski definition) is 6. The van der Waals surface area contributed by atoms with Crippen LogP contribution in [0, 0.1) is 5.92 Å². The summed E-state index contributed by atoms with van der Waals surface area (Å²) in [5, 5.41) is 0. The zero-order valence-electron chi connectivity index (χ0n) is 44.5. The van der Waals surface area contributed by atoms with E-state index < -0.39 is 6.10 Å². The van der Waals surface area contributed by atoms with Crippen molar-refractivity contribution in [3.8, 4) is 0 Å². The van der Waals surface area contributed by atoms with Crippen LogP contribution >= 0.6 is 0 Å². The largest absolute Gasteiger partial charge is 0.462 e. The predicted molar refractivity (Wildman–Crippen MR) is 280 cm³/mol. The third-order valence-electron chi connectivity index (χ3n) is 13.5. The number of ether oxygens (including phenoxy) is 3. The Morgan fingerprint density at radius 1 is 0.292 bits per heavy atom. The van der Waals surface area contributed by atoms with Crippen molar-refractivity contribution in [2.45, 2.75) is 342 Å². The van der Waals surface area contributed by atoms with Crippen LogP contribution in [-0.2, 0) is 28.6 Å². The zero-order valence-corrected chi connectivity index (χ0v) is 44.5. The van der Waals surface area contributed by atoms with Gasteiger partial charge < -0.3 is 14.2 Å². The van der Waals surface area contributed by atoms with Crippen molar-refractivity contribution in [2.24, 2.45) is 5.92 Å². The Labute approximate surface area is 406 Å². The summed E-state index contributed by atoms with van der Waals surface area (Å²) in [7, 11) is 0. The summed E-state index contributed by atoms with van der Waals surface area (Å²) in [6.45, 7) is 9.07. The number of esters is 3. The second-order valence-corrected chi connectivity index (χ2v) is 20.8. The highest BCUT2D eigenvalue weighted by Gasteiger charge is 2.19. The molecule has 0 aromatic rings. The van der Waals surface area contributed by atoms with Crippen molar-refractivity contribution in [3.63, 3.8) is 0 Å². The molecular formula is C59H114O6. The normalized spacial score (nSPS) is 12.0. The summed E-state index contributed by atoms with van der Waals surface area (Å²) >= 11 is 0. The molecule has 0 radical (unpaired) electrons. The van der Waals surface area contributed by atoms with Gasteiger partial charge in [-0.3, -0.25) is 14.4 Å². The molecule has 1 atom stereocenters. The van der Waals surface area contributed by atoms with Crippen LogP contribution in [0.4, 0.5) is 0 Å². The number of carbonyl (C=O) groups excluding carboxylic acids is 3. The lowest BCUT2D eigenvalue weighted by atomic mass is 10.0. The van der Waals surface area contributed by atoms with Gasteiger partial charge in [-0.2, -0.15) is 0 Å². The Morgan fingerprint density at radius 3 is 0.754 bits per heavy atom. The van der Waals surface area contributed by atoms with Gasteiger partial charge in [-0.1, -0.05) is 297 Å². The highest BCUT2D eigenvalue weighted by atomic mass is 16.6. The number of unbranched alkanes of at least 4 members (excludes halogenated alkanes) is 41. The van der Waals surface area contributed by atoms with Crippen LogP contribution in [0.3, 0.4) is 0 Å². The molecule has 0 amide bonds. The molecule has 0 spiro atoms. The van der Waals surface area contributed by atoms with Crippen LogP contribution in [0.1, 0.15) is 336 Å². The Balaban J connectivity index is 4.22. The van der Waals surface area contributed by atoms with Gasteiger partial charge in [0.1, 0.15) is 13.2 Å². The molecule has 386 valence electrons. The van der Waals surface area contributed by atoms with E-state index in [0.717, 1.165) is 63.7 Å². The van der Waals surface area contributed by atoms with Crippen molar-refractivity contribution >= 4 is 17.9 Å².